The van der Waals surface area contributed by atoms with Crippen molar-refractivity contribution in [3.8, 4) is 0 Å². The minimum atomic E-state index is -3.23. The molecule has 0 aromatic rings. The quantitative estimate of drug-likeness (QED) is 0.740. The van der Waals surface area contributed by atoms with Gasteiger partial charge in [0.25, 0.3) is 0 Å². The Bertz CT molecular complexity index is 354. The molecule has 100 valence electrons. The number of nitrogens with one attached hydrogen (secondary N) is 1. The molecule has 2 unspecified atom stereocenters. The second-order valence-electron chi connectivity index (χ2n) is 4.69. The summed E-state index contributed by atoms with van der Waals surface area (Å²) in [6.45, 7) is 2.46. The van der Waals surface area contributed by atoms with Crippen LogP contribution in [0.4, 0.5) is 0 Å². The molecular weight excluding hydrogens is 240 g/mol. The Balaban J connectivity index is 2.51. The smallest absolute Gasteiger partial charge is 0.238 e. The van der Waals surface area contributed by atoms with E-state index in [1.807, 2.05) is 6.92 Å². The number of rotatable bonds is 5. The topological polar surface area (TPSA) is 89.3 Å². The van der Waals surface area contributed by atoms with Crippen molar-refractivity contribution in [1.29, 1.82) is 0 Å². The molecule has 0 spiro atoms. The Labute approximate surface area is 103 Å². The molecule has 0 aromatic heterocycles. The van der Waals surface area contributed by atoms with Crippen LogP contribution in [0.2, 0.25) is 0 Å². The molecule has 6 heteroatoms. The van der Waals surface area contributed by atoms with E-state index in [1.165, 1.54) is 0 Å². The average Bonchev–Trinajstić information content (AvgIpc) is 2.25. The monoisotopic (exact) mass is 262 g/mol. The van der Waals surface area contributed by atoms with Gasteiger partial charge in [-0.25, -0.2) is 8.42 Å². The molecule has 0 aliphatic carbocycles. The number of nitrogens with two attached hydrogens (primary N) is 1. The van der Waals surface area contributed by atoms with E-state index >= 15 is 0 Å². The summed E-state index contributed by atoms with van der Waals surface area (Å²) in [6, 6.07) is -0.0109. The minimum absolute atomic E-state index is 0.0109. The predicted octanol–water partition coefficient (Wildman–Crippen LogP) is 0.197. The van der Waals surface area contributed by atoms with Crippen LogP contribution < -0.4 is 11.1 Å². The highest BCUT2D eigenvalue weighted by atomic mass is 32.2. The van der Waals surface area contributed by atoms with Crippen molar-refractivity contribution in [2.75, 3.05) is 12.3 Å². The van der Waals surface area contributed by atoms with Crippen molar-refractivity contribution >= 4 is 15.7 Å². The number of hydrogen-bond acceptors (Lipinski definition) is 4. The van der Waals surface area contributed by atoms with Crippen LogP contribution >= 0.6 is 0 Å². The van der Waals surface area contributed by atoms with Gasteiger partial charge in [-0.05, 0) is 39.2 Å². The first kappa shape index (κ1) is 14.4. The fraction of sp³-hybridized carbons (Fsp3) is 0.909. The molecule has 1 aliphatic heterocycles. The molecule has 1 saturated heterocycles. The second kappa shape index (κ2) is 6.35. The highest BCUT2D eigenvalue weighted by Crippen LogP contribution is 2.19. The lowest BCUT2D eigenvalue weighted by Gasteiger charge is -2.23. The van der Waals surface area contributed by atoms with Crippen molar-refractivity contribution in [1.82, 2.24) is 5.32 Å². The first-order chi connectivity index (χ1) is 7.97. The summed E-state index contributed by atoms with van der Waals surface area (Å²) < 4.78 is 23.5. The number of carbonyl (C=O) groups is 1. The van der Waals surface area contributed by atoms with Gasteiger partial charge in [0.2, 0.25) is 5.91 Å². The van der Waals surface area contributed by atoms with Gasteiger partial charge < -0.3 is 11.1 Å². The lowest BCUT2D eigenvalue weighted by atomic mass is 10.1. The Morgan fingerprint density at radius 3 is 2.76 bits per heavy atom. The van der Waals surface area contributed by atoms with E-state index < -0.39 is 15.1 Å². The van der Waals surface area contributed by atoms with E-state index in [1.54, 1.807) is 0 Å². The summed E-state index contributed by atoms with van der Waals surface area (Å²) in [4.78, 5) is 11.9. The second-order valence-corrected chi connectivity index (χ2v) is 6.99. The van der Waals surface area contributed by atoms with Gasteiger partial charge in [0.05, 0.1) is 5.75 Å². The number of carbonyl (C=O) groups excluding carboxylic acids is 1. The van der Waals surface area contributed by atoms with E-state index in [0.29, 0.717) is 19.4 Å². The van der Waals surface area contributed by atoms with Crippen LogP contribution in [0.15, 0.2) is 0 Å². The van der Waals surface area contributed by atoms with Gasteiger partial charge >= 0.3 is 0 Å². The molecule has 1 rings (SSSR count). The van der Waals surface area contributed by atoms with Crippen LogP contribution in [0.25, 0.3) is 0 Å². The molecule has 0 bridgehead atoms. The van der Waals surface area contributed by atoms with Gasteiger partial charge in [-0.15, -0.1) is 0 Å². The molecule has 5 nitrogen and oxygen atoms in total. The summed E-state index contributed by atoms with van der Waals surface area (Å²) in [6.07, 6.45) is 3.56. The van der Waals surface area contributed by atoms with Crippen LogP contribution in [0.1, 0.15) is 39.0 Å². The number of hydrogen-bond donors (Lipinski definition) is 2. The predicted molar refractivity (Wildman–Crippen MR) is 67.3 cm³/mol. The third kappa shape index (κ3) is 4.27. The van der Waals surface area contributed by atoms with Crippen LogP contribution in [0.5, 0.6) is 0 Å². The molecule has 0 saturated carbocycles. The molecule has 1 aliphatic rings. The first-order valence-electron chi connectivity index (χ1n) is 6.19. The Morgan fingerprint density at radius 1 is 1.47 bits per heavy atom. The number of amides is 1. The fourth-order valence-electron chi connectivity index (χ4n) is 2.08. The summed E-state index contributed by atoms with van der Waals surface area (Å²) in [5.41, 5.74) is 5.38. The molecule has 1 fully saturated rings. The third-order valence-electron chi connectivity index (χ3n) is 3.10. The molecular formula is C11H22N2O3S. The van der Waals surface area contributed by atoms with E-state index in [4.69, 9.17) is 5.73 Å². The van der Waals surface area contributed by atoms with Gasteiger partial charge in [0.15, 0.2) is 9.84 Å². The lowest BCUT2D eigenvalue weighted by Crippen LogP contribution is -2.45. The Hall–Kier alpha value is -0.620. The van der Waals surface area contributed by atoms with Crippen LogP contribution in [0.3, 0.4) is 0 Å². The van der Waals surface area contributed by atoms with E-state index in [0.717, 1.165) is 19.3 Å². The van der Waals surface area contributed by atoms with Gasteiger partial charge in [-0.3, -0.25) is 4.79 Å². The zero-order chi connectivity index (χ0) is 12.9. The molecule has 1 amide bonds. The zero-order valence-electron chi connectivity index (χ0n) is 10.3. The van der Waals surface area contributed by atoms with Crippen LogP contribution in [-0.4, -0.2) is 37.9 Å². The summed E-state index contributed by atoms with van der Waals surface area (Å²) in [5.74, 6) is -0.198. The van der Waals surface area contributed by atoms with E-state index in [9.17, 15) is 13.2 Å². The van der Waals surface area contributed by atoms with Crippen molar-refractivity contribution in [3.05, 3.63) is 0 Å². The Morgan fingerprint density at radius 2 is 2.18 bits per heavy atom. The largest absolute Gasteiger partial charge is 0.353 e. The van der Waals surface area contributed by atoms with Gasteiger partial charge in [0.1, 0.15) is 5.25 Å². The Kier molecular flexibility index (Phi) is 5.39. The summed E-state index contributed by atoms with van der Waals surface area (Å²) >= 11 is 0. The van der Waals surface area contributed by atoms with Crippen LogP contribution in [-0.2, 0) is 14.6 Å². The highest BCUT2D eigenvalue weighted by molar-refractivity contribution is 7.92. The average molecular weight is 262 g/mol. The molecule has 2 atom stereocenters. The first-order valence-corrected chi connectivity index (χ1v) is 7.91. The van der Waals surface area contributed by atoms with Crippen molar-refractivity contribution in [3.63, 3.8) is 0 Å². The normalized spacial score (nSPS) is 25.2. The molecule has 17 heavy (non-hydrogen) atoms. The molecule has 0 radical (unpaired) electrons. The van der Waals surface area contributed by atoms with E-state index in [2.05, 4.69) is 5.32 Å². The molecule has 3 N–H and O–H groups in total. The summed E-state index contributed by atoms with van der Waals surface area (Å²) in [5, 5.41) is 1.93. The number of sulfone groups is 1. The van der Waals surface area contributed by atoms with Crippen molar-refractivity contribution < 1.29 is 13.2 Å². The maximum Gasteiger partial charge on any atom is 0.238 e. The van der Waals surface area contributed by atoms with E-state index in [-0.39, 0.29) is 17.7 Å². The summed E-state index contributed by atoms with van der Waals surface area (Å²) in [7, 11) is -3.23. The fourth-order valence-corrected chi connectivity index (χ4v) is 3.89. The lowest BCUT2D eigenvalue weighted by molar-refractivity contribution is -0.121. The van der Waals surface area contributed by atoms with Crippen molar-refractivity contribution in [2.45, 2.75) is 50.3 Å². The molecule has 0 aromatic carbocycles. The maximum absolute atomic E-state index is 11.9. The maximum atomic E-state index is 11.9. The van der Waals surface area contributed by atoms with Crippen molar-refractivity contribution in [2.24, 2.45) is 5.73 Å². The highest BCUT2D eigenvalue weighted by Gasteiger charge is 2.35. The third-order valence-corrected chi connectivity index (χ3v) is 5.28. The SMILES string of the molecule is CC(CCCN)NC(=O)C1CCCCS1(=O)=O. The van der Waals surface area contributed by atoms with Crippen LogP contribution in [0, 0.1) is 0 Å². The van der Waals surface area contributed by atoms with Gasteiger partial charge in [-0.1, -0.05) is 6.42 Å². The van der Waals surface area contributed by atoms with Gasteiger partial charge in [0, 0.05) is 6.04 Å². The zero-order valence-corrected chi connectivity index (χ0v) is 11.1. The standard InChI is InChI=1S/C11H22N2O3S/c1-9(5-4-7-12)13-11(14)10-6-2-3-8-17(10,15)16/h9-10H,2-8,12H2,1H3,(H,13,14). The minimum Gasteiger partial charge on any atom is -0.353 e. The van der Waals surface area contributed by atoms with Gasteiger partial charge in [-0.2, -0.15) is 0 Å². The molecule has 1 heterocycles.